The maximum atomic E-state index is 13.0. The number of alkyl carbamates (subject to hydrolysis) is 2. The van der Waals surface area contributed by atoms with E-state index in [0.717, 1.165) is 38.5 Å². The molecule has 1 unspecified atom stereocenters. The molecule has 2 N–H and O–H groups in total. The van der Waals surface area contributed by atoms with Crippen LogP contribution in [0.5, 0.6) is 0 Å². The maximum Gasteiger partial charge on any atom is 0.407 e. The van der Waals surface area contributed by atoms with Crippen molar-refractivity contribution in [1.82, 2.24) is 10.6 Å². The molecule has 0 aliphatic heterocycles. The third-order valence-electron chi connectivity index (χ3n) is 8.35. The van der Waals surface area contributed by atoms with Crippen LogP contribution in [0, 0.1) is 10.8 Å². The standard InChI is InChI=1S/C30H56N2O8/c1-11-28(10,24(34)38-21-19-32-26(36)40-30(15-5,16-6)17-7)22-27(8,9)23(33)37-20-18-31-25(35)39-29(12-2,13-3)14-4/h11-22H2,1-10H3,(H,31,35)(H,32,36). The predicted molar refractivity (Wildman–Crippen MR) is 155 cm³/mol. The number of hydrogen-bond donors (Lipinski definition) is 2. The molecule has 0 aliphatic carbocycles. The van der Waals surface area contributed by atoms with E-state index in [0.29, 0.717) is 6.42 Å². The van der Waals surface area contributed by atoms with Crippen LogP contribution in [0.25, 0.3) is 0 Å². The summed E-state index contributed by atoms with van der Waals surface area (Å²) in [5.74, 6) is -0.928. The van der Waals surface area contributed by atoms with Crippen LogP contribution in [0.3, 0.4) is 0 Å². The second kappa shape index (κ2) is 17.3. The van der Waals surface area contributed by atoms with Gasteiger partial charge in [-0.2, -0.15) is 0 Å². The lowest BCUT2D eigenvalue weighted by molar-refractivity contribution is -0.163. The van der Waals surface area contributed by atoms with Crippen molar-refractivity contribution in [1.29, 1.82) is 0 Å². The molecule has 2 amide bonds. The van der Waals surface area contributed by atoms with Gasteiger partial charge in [-0.1, -0.05) is 48.5 Å². The van der Waals surface area contributed by atoms with Gasteiger partial charge in [-0.25, -0.2) is 9.59 Å². The number of ether oxygens (including phenoxy) is 4. The third kappa shape index (κ3) is 11.5. The zero-order valence-corrected chi connectivity index (χ0v) is 26.8. The summed E-state index contributed by atoms with van der Waals surface area (Å²) in [5, 5.41) is 5.27. The zero-order chi connectivity index (χ0) is 31.0. The Morgan fingerprint density at radius 1 is 0.550 bits per heavy atom. The highest BCUT2D eigenvalue weighted by molar-refractivity contribution is 5.80. The van der Waals surface area contributed by atoms with E-state index >= 15 is 0 Å². The minimum absolute atomic E-state index is 0.0110. The summed E-state index contributed by atoms with van der Waals surface area (Å²) < 4.78 is 22.0. The van der Waals surface area contributed by atoms with Crippen molar-refractivity contribution in [2.75, 3.05) is 26.3 Å². The van der Waals surface area contributed by atoms with Crippen LogP contribution in [0.2, 0.25) is 0 Å². The normalized spacial score (nSPS) is 13.6. The molecule has 10 heteroatoms. The molecule has 234 valence electrons. The van der Waals surface area contributed by atoms with E-state index < -0.39 is 46.2 Å². The van der Waals surface area contributed by atoms with Crippen molar-refractivity contribution in [3.63, 3.8) is 0 Å². The average molecular weight is 573 g/mol. The fraction of sp³-hybridized carbons (Fsp3) is 0.867. The van der Waals surface area contributed by atoms with E-state index in [1.165, 1.54) is 0 Å². The van der Waals surface area contributed by atoms with Gasteiger partial charge in [0.05, 0.1) is 23.9 Å². The van der Waals surface area contributed by atoms with Gasteiger partial charge in [-0.15, -0.1) is 0 Å². The number of esters is 2. The molecule has 0 radical (unpaired) electrons. The van der Waals surface area contributed by atoms with Gasteiger partial charge in [0, 0.05) is 0 Å². The first-order valence-electron chi connectivity index (χ1n) is 15.0. The molecule has 0 fully saturated rings. The highest BCUT2D eigenvalue weighted by Crippen LogP contribution is 2.38. The lowest BCUT2D eigenvalue weighted by Gasteiger charge is -2.33. The maximum absolute atomic E-state index is 13.0. The molecule has 0 aromatic heterocycles. The monoisotopic (exact) mass is 572 g/mol. The molecule has 0 heterocycles. The molecule has 40 heavy (non-hydrogen) atoms. The van der Waals surface area contributed by atoms with Gasteiger partial charge >= 0.3 is 24.1 Å². The summed E-state index contributed by atoms with van der Waals surface area (Å²) in [6.45, 7) is 19.1. The van der Waals surface area contributed by atoms with Gasteiger partial charge in [0.15, 0.2) is 0 Å². The third-order valence-corrected chi connectivity index (χ3v) is 8.35. The molecule has 0 rings (SSSR count). The summed E-state index contributed by atoms with van der Waals surface area (Å²) in [6.07, 6.45) is 3.89. The molecular formula is C30H56N2O8. The number of carbonyl (C=O) groups excluding carboxylic acids is 4. The minimum atomic E-state index is -0.974. The molecule has 0 aromatic rings. The van der Waals surface area contributed by atoms with E-state index in [1.54, 1.807) is 20.8 Å². The number of carbonyl (C=O) groups is 4. The lowest BCUT2D eigenvalue weighted by atomic mass is 9.72. The molecule has 0 aromatic carbocycles. The van der Waals surface area contributed by atoms with Gasteiger partial charge in [0.2, 0.25) is 0 Å². The number of nitrogens with one attached hydrogen (secondary N) is 2. The Morgan fingerprint density at radius 2 is 0.900 bits per heavy atom. The van der Waals surface area contributed by atoms with Gasteiger partial charge < -0.3 is 29.6 Å². The summed E-state index contributed by atoms with van der Waals surface area (Å²) >= 11 is 0. The van der Waals surface area contributed by atoms with Gasteiger partial charge in [0.1, 0.15) is 24.4 Å². The molecule has 0 saturated carbocycles. The summed E-state index contributed by atoms with van der Waals surface area (Å²) in [5.41, 5.74) is -2.90. The van der Waals surface area contributed by atoms with Crippen LogP contribution < -0.4 is 10.6 Å². The Hall–Kier alpha value is -2.52. The first-order chi connectivity index (χ1) is 18.7. The Kier molecular flexibility index (Phi) is 16.2. The molecule has 10 nitrogen and oxygen atoms in total. The molecule has 0 bridgehead atoms. The Bertz CT molecular complexity index is 789. The first kappa shape index (κ1) is 37.5. The Morgan fingerprint density at radius 3 is 1.23 bits per heavy atom. The van der Waals surface area contributed by atoms with Crippen molar-refractivity contribution in [3.8, 4) is 0 Å². The van der Waals surface area contributed by atoms with Crippen molar-refractivity contribution < 1.29 is 38.1 Å². The predicted octanol–water partition coefficient (Wildman–Crippen LogP) is 6.30. The average Bonchev–Trinajstić information content (AvgIpc) is 2.94. The topological polar surface area (TPSA) is 129 Å². The van der Waals surface area contributed by atoms with Crippen LogP contribution in [-0.2, 0) is 28.5 Å². The fourth-order valence-electron chi connectivity index (χ4n) is 4.75. The quantitative estimate of drug-likeness (QED) is 0.105. The van der Waals surface area contributed by atoms with Crippen LogP contribution in [0.15, 0.2) is 0 Å². The molecule has 1 atom stereocenters. The van der Waals surface area contributed by atoms with Crippen molar-refractivity contribution in [3.05, 3.63) is 0 Å². The Balaban J connectivity index is 4.75. The van der Waals surface area contributed by atoms with Crippen molar-refractivity contribution in [2.24, 2.45) is 10.8 Å². The van der Waals surface area contributed by atoms with Crippen LogP contribution in [0.4, 0.5) is 9.59 Å². The smallest absolute Gasteiger partial charge is 0.407 e. The SMILES string of the molecule is CCC(CC)(CC)OC(=O)NCCOC(=O)C(C)(C)CC(C)(CC)C(=O)OCCNC(=O)OC(CC)(CC)CC. The van der Waals surface area contributed by atoms with E-state index in [2.05, 4.69) is 10.6 Å². The first-order valence-corrected chi connectivity index (χ1v) is 15.0. The number of rotatable bonds is 19. The summed E-state index contributed by atoms with van der Waals surface area (Å²) in [7, 11) is 0. The van der Waals surface area contributed by atoms with Gasteiger partial charge in [-0.3, -0.25) is 9.59 Å². The van der Waals surface area contributed by atoms with E-state index in [4.69, 9.17) is 18.9 Å². The second-order valence-corrected chi connectivity index (χ2v) is 11.4. The van der Waals surface area contributed by atoms with E-state index in [9.17, 15) is 19.2 Å². The van der Waals surface area contributed by atoms with Crippen molar-refractivity contribution in [2.45, 2.75) is 132 Å². The van der Waals surface area contributed by atoms with Gasteiger partial charge in [0.25, 0.3) is 0 Å². The van der Waals surface area contributed by atoms with Crippen LogP contribution in [0.1, 0.15) is 121 Å². The summed E-state index contributed by atoms with van der Waals surface area (Å²) in [6, 6.07) is 0. The Labute approximate surface area is 242 Å². The second-order valence-electron chi connectivity index (χ2n) is 11.4. The van der Waals surface area contributed by atoms with E-state index in [-0.39, 0.29) is 32.7 Å². The largest absolute Gasteiger partial charge is 0.463 e. The van der Waals surface area contributed by atoms with Crippen LogP contribution >= 0.6 is 0 Å². The van der Waals surface area contributed by atoms with E-state index in [1.807, 2.05) is 48.5 Å². The zero-order valence-electron chi connectivity index (χ0n) is 26.8. The van der Waals surface area contributed by atoms with Crippen molar-refractivity contribution >= 4 is 24.1 Å². The molecular weight excluding hydrogens is 516 g/mol. The molecule has 0 saturated heterocycles. The minimum Gasteiger partial charge on any atom is -0.463 e. The number of hydrogen-bond acceptors (Lipinski definition) is 8. The lowest BCUT2D eigenvalue weighted by Crippen LogP contribution is -2.41. The summed E-state index contributed by atoms with van der Waals surface area (Å²) in [4.78, 5) is 50.1. The highest BCUT2D eigenvalue weighted by Gasteiger charge is 2.43. The van der Waals surface area contributed by atoms with Gasteiger partial charge in [-0.05, 0) is 72.1 Å². The fourth-order valence-corrected chi connectivity index (χ4v) is 4.75. The molecule has 0 aliphatic rings. The number of amides is 2. The highest BCUT2D eigenvalue weighted by atomic mass is 16.6. The van der Waals surface area contributed by atoms with Crippen LogP contribution in [-0.4, -0.2) is 61.6 Å². The molecule has 0 spiro atoms.